The van der Waals surface area contributed by atoms with E-state index in [-0.39, 0.29) is 0 Å². The molecular weight excluding hydrogens is 1640 g/mol. The Bertz CT molecular complexity index is 9410. The fraction of sp³-hybridized carbons (Fsp3) is 0. The summed E-state index contributed by atoms with van der Waals surface area (Å²) in [7, 11) is 0. The summed E-state index contributed by atoms with van der Waals surface area (Å²) in [6.07, 6.45) is 0. The summed E-state index contributed by atoms with van der Waals surface area (Å²) < 4.78 is 39.7. The van der Waals surface area contributed by atoms with E-state index in [4.69, 9.17) is 46.4 Å². The minimum absolute atomic E-state index is 0.623. The van der Waals surface area contributed by atoms with Crippen molar-refractivity contribution in [2.45, 2.75) is 0 Å². The van der Waals surface area contributed by atoms with E-state index < -0.39 is 0 Å². The molecule has 0 fully saturated rings. The zero-order valence-electron chi connectivity index (χ0n) is 71.8. The molecule has 28 rings (SSSR count). The van der Waals surface area contributed by atoms with Gasteiger partial charge in [0.15, 0.2) is 11.6 Å². The summed E-state index contributed by atoms with van der Waals surface area (Å²) >= 11 is 0. The van der Waals surface area contributed by atoms with Crippen LogP contribution in [-0.4, -0.2) is 19.9 Å². The number of aromatic nitrogens is 4. The molecule has 0 aliphatic rings. The van der Waals surface area contributed by atoms with E-state index in [1.54, 1.807) is 0 Å². The van der Waals surface area contributed by atoms with Crippen LogP contribution in [0.25, 0.3) is 288 Å². The second-order valence-corrected chi connectivity index (χ2v) is 34.4. The zero-order valence-corrected chi connectivity index (χ0v) is 71.8. The molecule has 0 saturated heterocycles. The lowest BCUT2D eigenvalue weighted by molar-refractivity contribution is 0.668. The van der Waals surface area contributed by atoms with Gasteiger partial charge in [0.2, 0.25) is 0 Å². The Morgan fingerprint density at radius 3 is 0.821 bits per heavy atom. The number of hydrogen-bond acceptors (Lipinski definition) is 10. The third-order valence-electron chi connectivity index (χ3n) is 26.6. The summed E-state index contributed by atoms with van der Waals surface area (Å²) in [6, 6.07) is 153. The Morgan fingerprint density at radius 1 is 0.134 bits per heavy atom. The van der Waals surface area contributed by atoms with E-state index in [9.17, 15) is 0 Å². The Hall–Kier alpha value is -18.1. The molecule has 0 N–H and O–H groups in total. The standard InChI is InChI=1S/2C62H36N2O3/c1-2-17-38(18-3-1)62-63-53(42-25-12-19-37-16-4-5-20-40(37)42)36-54(64-62)58-51(49-29-14-27-47-44-22-7-10-32-56(44)66-60(47)49)34-39(41-24-13-26-46-43-21-6-9-31-55(43)65-59(41)46)35-52(58)50-30-15-28-48-45-23-8-11-33-57(45)67-61(48)50;1-2-14-38(15-3-1)62-63-53(44-21-12-16-37-13-4-5-17-43(37)44)36-54(64-62)61-48(40-26-29-59-51(32-40)46-19-7-10-23-56(46)66-59)34-42(39-25-28-58-50(31-39)45-18-6-9-22-55(45)65-58)35-49(61)41-27-30-60-52(33-41)47-20-8-11-24-57(47)67-60/h2*1-36H. The molecule has 0 unspecified atom stereocenters. The first-order chi connectivity index (χ1) is 66.4. The van der Waals surface area contributed by atoms with Crippen LogP contribution in [-0.2, 0) is 0 Å². The van der Waals surface area contributed by atoms with Gasteiger partial charge in [0.25, 0.3) is 0 Å². The monoisotopic (exact) mass is 1710 g/mol. The zero-order chi connectivity index (χ0) is 88.0. The van der Waals surface area contributed by atoms with Crippen LogP contribution >= 0.6 is 0 Å². The van der Waals surface area contributed by atoms with E-state index >= 15 is 0 Å². The molecule has 8 heterocycles. The third-order valence-corrected chi connectivity index (χ3v) is 26.6. The highest BCUT2D eigenvalue weighted by Gasteiger charge is 2.30. The van der Waals surface area contributed by atoms with Gasteiger partial charge >= 0.3 is 0 Å². The molecule has 10 heteroatoms. The van der Waals surface area contributed by atoms with Gasteiger partial charge in [-0.2, -0.15) is 0 Å². The van der Waals surface area contributed by atoms with Crippen LogP contribution in [0, 0.1) is 0 Å². The van der Waals surface area contributed by atoms with E-state index in [0.717, 1.165) is 276 Å². The van der Waals surface area contributed by atoms with Crippen molar-refractivity contribution in [2.24, 2.45) is 0 Å². The average molecular weight is 1710 g/mol. The van der Waals surface area contributed by atoms with E-state index in [2.05, 4.69) is 328 Å². The van der Waals surface area contributed by atoms with Gasteiger partial charge in [-0.3, -0.25) is 0 Å². The van der Waals surface area contributed by atoms with Crippen LogP contribution < -0.4 is 0 Å². The largest absolute Gasteiger partial charge is 0.456 e. The number of furan rings is 6. The van der Waals surface area contributed by atoms with Crippen LogP contribution in [0.5, 0.6) is 0 Å². The van der Waals surface area contributed by atoms with E-state index in [1.165, 1.54) is 0 Å². The normalized spacial score (nSPS) is 11.9. The lowest BCUT2D eigenvalue weighted by atomic mass is 9.85. The molecule has 8 aromatic heterocycles. The first kappa shape index (κ1) is 76.0. The second-order valence-electron chi connectivity index (χ2n) is 34.4. The fourth-order valence-electron chi connectivity index (χ4n) is 20.4. The topological polar surface area (TPSA) is 130 Å². The summed E-state index contributed by atoms with van der Waals surface area (Å²) in [5, 5.41) is 17.2. The molecule has 0 aliphatic carbocycles. The Morgan fingerprint density at radius 2 is 0.410 bits per heavy atom. The van der Waals surface area contributed by atoms with Crippen LogP contribution in [0.1, 0.15) is 0 Å². The second kappa shape index (κ2) is 30.8. The molecule has 0 spiro atoms. The maximum absolute atomic E-state index is 6.90. The smallest absolute Gasteiger partial charge is 0.160 e. The molecule has 20 aromatic carbocycles. The predicted molar refractivity (Wildman–Crippen MR) is 548 cm³/mol. The van der Waals surface area contributed by atoms with Gasteiger partial charge in [-0.05, 0) is 181 Å². The molecule has 0 saturated carbocycles. The molecule has 0 atom stereocenters. The minimum Gasteiger partial charge on any atom is -0.456 e. The molecule has 624 valence electrons. The number of rotatable bonds is 12. The van der Waals surface area contributed by atoms with Gasteiger partial charge in [-0.1, -0.05) is 328 Å². The molecule has 10 nitrogen and oxygen atoms in total. The van der Waals surface area contributed by atoms with Crippen LogP contribution in [0.4, 0.5) is 0 Å². The fourth-order valence-corrected chi connectivity index (χ4v) is 20.4. The van der Waals surface area contributed by atoms with E-state index in [1.807, 2.05) is 109 Å². The van der Waals surface area contributed by atoms with Crippen LogP contribution in [0.3, 0.4) is 0 Å². The minimum atomic E-state index is 0.623. The third kappa shape index (κ3) is 12.6. The average Bonchev–Trinajstić information content (AvgIpc) is 1.55. The van der Waals surface area contributed by atoms with Crippen molar-refractivity contribution in [3.05, 3.63) is 437 Å². The van der Waals surface area contributed by atoms with Crippen molar-refractivity contribution < 1.29 is 26.5 Å². The first-order valence-electron chi connectivity index (χ1n) is 45.1. The highest BCUT2D eigenvalue weighted by molar-refractivity contribution is 6.18. The quantitative estimate of drug-likeness (QED) is 0.117. The van der Waals surface area contributed by atoms with Gasteiger partial charge in [0, 0.05) is 115 Å². The summed E-state index contributed by atoms with van der Waals surface area (Å²) in [5.41, 5.74) is 31.0. The van der Waals surface area contributed by atoms with Crippen molar-refractivity contribution in [3.63, 3.8) is 0 Å². The maximum Gasteiger partial charge on any atom is 0.160 e. The molecule has 28 aromatic rings. The van der Waals surface area contributed by atoms with Crippen molar-refractivity contribution in [1.29, 1.82) is 0 Å². The van der Waals surface area contributed by atoms with Crippen molar-refractivity contribution in [2.75, 3.05) is 0 Å². The van der Waals surface area contributed by atoms with Crippen LogP contribution in [0.2, 0.25) is 0 Å². The molecule has 134 heavy (non-hydrogen) atoms. The summed E-state index contributed by atoms with van der Waals surface area (Å²) in [5.74, 6) is 1.27. The molecule has 0 aliphatic heterocycles. The summed E-state index contributed by atoms with van der Waals surface area (Å²) in [6.45, 7) is 0. The molecule has 0 bridgehead atoms. The highest BCUT2D eigenvalue weighted by Crippen LogP contribution is 2.53. The SMILES string of the molecule is c1ccc(-c2nc(-c3c(-c4ccc5oc6ccccc6c5c4)cc(-c4ccc5oc6ccccc6c5c4)cc3-c3ccc4oc5ccccc5c4c3)cc(-c3cccc4ccccc34)n2)cc1.c1ccc(-c2nc(-c3c(-c4cccc5c4oc4ccccc45)cc(-c4cccc5c4oc4ccccc45)cc3-c3cccc4c3oc3ccccc34)cc(-c3cccc4ccccc34)n2)cc1. The Labute approximate surface area is 765 Å². The predicted octanol–water partition coefficient (Wildman–Crippen LogP) is 34.7. The van der Waals surface area contributed by atoms with Crippen molar-refractivity contribution in [3.8, 4) is 135 Å². The number of para-hydroxylation sites is 9. The molecular formula is C124H72N4O6. The lowest BCUT2D eigenvalue weighted by Gasteiger charge is -2.20. The van der Waals surface area contributed by atoms with Gasteiger partial charge in [-0.15, -0.1) is 0 Å². The van der Waals surface area contributed by atoms with E-state index in [0.29, 0.717) is 11.6 Å². The maximum atomic E-state index is 6.90. The Balaban J connectivity index is 0.000000136. The lowest BCUT2D eigenvalue weighted by Crippen LogP contribution is -2.00. The van der Waals surface area contributed by atoms with Gasteiger partial charge in [0.1, 0.15) is 67.0 Å². The Kier molecular flexibility index (Phi) is 17.5. The number of nitrogens with zero attached hydrogens (tertiary/aromatic N) is 4. The number of fused-ring (bicyclic) bond motifs is 20. The van der Waals surface area contributed by atoms with Gasteiger partial charge in [0.05, 0.1) is 22.8 Å². The highest BCUT2D eigenvalue weighted by atomic mass is 16.3. The van der Waals surface area contributed by atoms with Gasteiger partial charge in [-0.25, -0.2) is 19.9 Å². The van der Waals surface area contributed by atoms with Crippen LogP contribution in [0.15, 0.2) is 463 Å². The van der Waals surface area contributed by atoms with Gasteiger partial charge < -0.3 is 26.5 Å². The number of benzene rings is 20. The molecule has 0 radical (unpaired) electrons. The first-order valence-corrected chi connectivity index (χ1v) is 45.1. The van der Waals surface area contributed by atoms with Crippen molar-refractivity contribution >= 4 is 153 Å². The van der Waals surface area contributed by atoms with Crippen molar-refractivity contribution in [1.82, 2.24) is 19.9 Å². The summed E-state index contributed by atoms with van der Waals surface area (Å²) in [4.78, 5) is 21.9. The number of hydrogen-bond donors (Lipinski definition) is 0. The molecule has 0 amide bonds.